The molecule has 2 aliphatic rings. The minimum Gasteiger partial charge on any atom is -0.466 e. The Kier molecular flexibility index (Phi) is 3.62. The van der Waals surface area contributed by atoms with Gasteiger partial charge in [-0.15, -0.1) is 0 Å². The van der Waals surface area contributed by atoms with Gasteiger partial charge < -0.3 is 4.74 Å². The first kappa shape index (κ1) is 11.6. The van der Waals surface area contributed by atoms with Crippen LogP contribution in [0.25, 0.3) is 0 Å². The van der Waals surface area contributed by atoms with Gasteiger partial charge in [-0.3, -0.25) is 9.59 Å². The number of fused-ring (bicyclic) bond motifs is 2. The predicted molar refractivity (Wildman–Crippen MR) is 59.8 cm³/mol. The number of rotatable bonds is 5. The molecule has 3 atom stereocenters. The van der Waals surface area contributed by atoms with Crippen molar-refractivity contribution in [1.82, 2.24) is 0 Å². The molecule has 0 N–H and O–H groups in total. The van der Waals surface area contributed by atoms with Crippen LogP contribution in [0.15, 0.2) is 0 Å². The maximum Gasteiger partial charge on any atom is 0.306 e. The molecule has 0 aromatic carbocycles. The third-order valence-electron chi connectivity index (χ3n) is 4.03. The van der Waals surface area contributed by atoms with Crippen LogP contribution in [0, 0.1) is 17.8 Å². The number of carbonyl (C=O) groups excluding carboxylic acids is 2. The molecule has 3 heteroatoms. The lowest BCUT2D eigenvalue weighted by Crippen LogP contribution is -2.21. The topological polar surface area (TPSA) is 43.4 Å². The van der Waals surface area contributed by atoms with Crippen molar-refractivity contribution in [2.75, 3.05) is 6.61 Å². The average Bonchev–Trinajstić information content (AvgIpc) is 2.88. The molecule has 2 saturated carbocycles. The van der Waals surface area contributed by atoms with Gasteiger partial charge >= 0.3 is 5.97 Å². The molecule has 0 spiro atoms. The molecule has 0 aromatic heterocycles. The Bertz CT molecular complexity index is 285. The van der Waals surface area contributed by atoms with Crippen molar-refractivity contribution in [2.45, 2.75) is 45.4 Å². The summed E-state index contributed by atoms with van der Waals surface area (Å²) in [5.41, 5.74) is 0. The van der Waals surface area contributed by atoms with Crippen molar-refractivity contribution >= 4 is 11.8 Å². The fourth-order valence-electron chi connectivity index (χ4n) is 3.28. The third-order valence-corrected chi connectivity index (χ3v) is 4.03. The minimum absolute atomic E-state index is 0.237. The first-order valence-corrected chi connectivity index (χ1v) is 6.39. The van der Waals surface area contributed by atoms with Crippen LogP contribution in [0.1, 0.15) is 45.4 Å². The quantitative estimate of drug-likeness (QED) is 0.673. The summed E-state index contributed by atoms with van der Waals surface area (Å²) in [6.07, 6.45) is 5.50. The molecule has 2 fully saturated rings. The van der Waals surface area contributed by atoms with Crippen molar-refractivity contribution in [2.24, 2.45) is 17.8 Å². The van der Waals surface area contributed by atoms with Crippen LogP contribution in [0.2, 0.25) is 0 Å². The van der Waals surface area contributed by atoms with E-state index in [1.54, 1.807) is 6.92 Å². The van der Waals surface area contributed by atoms with Crippen LogP contribution in [-0.4, -0.2) is 18.4 Å². The molecule has 0 amide bonds. The maximum atomic E-state index is 11.9. The van der Waals surface area contributed by atoms with Crippen LogP contribution in [0.5, 0.6) is 0 Å². The lowest BCUT2D eigenvalue weighted by Gasteiger charge is -2.19. The highest BCUT2D eigenvalue weighted by atomic mass is 16.5. The van der Waals surface area contributed by atoms with Crippen molar-refractivity contribution in [3.8, 4) is 0 Å². The Morgan fingerprint density at radius 3 is 2.56 bits per heavy atom. The summed E-state index contributed by atoms with van der Waals surface area (Å²) in [5.74, 6) is 1.73. The van der Waals surface area contributed by atoms with Gasteiger partial charge in [0.05, 0.1) is 13.0 Å². The summed E-state index contributed by atoms with van der Waals surface area (Å²) in [5, 5.41) is 0. The van der Waals surface area contributed by atoms with E-state index in [9.17, 15) is 9.59 Å². The zero-order valence-electron chi connectivity index (χ0n) is 9.91. The molecule has 0 aromatic rings. The minimum atomic E-state index is -0.237. The van der Waals surface area contributed by atoms with E-state index in [4.69, 9.17) is 4.74 Å². The molecule has 0 radical (unpaired) electrons. The van der Waals surface area contributed by atoms with E-state index in [-0.39, 0.29) is 18.3 Å². The number of Topliss-reactive ketones (excluding diaryl/α,β-unsaturated/α-hetero) is 1. The lowest BCUT2D eigenvalue weighted by molar-refractivity contribution is -0.144. The number of ketones is 1. The second kappa shape index (κ2) is 4.98. The smallest absolute Gasteiger partial charge is 0.306 e. The number of carbonyl (C=O) groups is 2. The summed E-state index contributed by atoms with van der Waals surface area (Å²) >= 11 is 0. The molecule has 2 bridgehead atoms. The zero-order chi connectivity index (χ0) is 11.5. The van der Waals surface area contributed by atoms with Crippen molar-refractivity contribution in [1.29, 1.82) is 0 Å². The second-order valence-corrected chi connectivity index (χ2v) is 5.05. The Labute approximate surface area is 96.5 Å². The first-order valence-electron chi connectivity index (χ1n) is 6.39. The number of hydrogen-bond acceptors (Lipinski definition) is 3. The van der Waals surface area contributed by atoms with Crippen LogP contribution in [0.4, 0.5) is 0 Å². The molecular formula is C13H20O3. The van der Waals surface area contributed by atoms with Gasteiger partial charge in [0.1, 0.15) is 5.78 Å². The molecule has 3 nitrogen and oxygen atoms in total. The van der Waals surface area contributed by atoms with Crippen LogP contribution in [0.3, 0.4) is 0 Å². The van der Waals surface area contributed by atoms with Crippen molar-refractivity contribution in [3.05, 3.63) is 0 Å². The highest BCUT2D eigenvalue weighted by Crippen LogP contribution is 2.48. The van der Waals surface area contributed by atoms with E-state index in [0.717, 1.165) is 12.3 Å². The first-order chi connectivity index (χ1) is 7.70. The summed E-state index contributed by atoms with van der Waals surface area (Å²) in [7, 11) is 0. The van der Waals surface area contributed by atoms with Crippen molar-refractivity contribution in [3.63, 3.8) is 0 Å². The Balaban J connectivity index is 1.74. The fourth-order valence-corrected chi connectivity index (χ4v) is 3.28. The molecule has 16 heavy (non-hydrogen) atoms. The highest BCUT2D eigenvalue weighted by Gasteiger charge is 2.42. The average molecular weight is 224 g/mol. The number of hydrogen-bond donors (Lipinski definition) is 0. The molecule has 90 valence electrons. The van der Waals surface area contributed by atoms with Gasteiger partial charge in [0.2, 0.25) is 0 Å². The fraction of sp³-hybridized carbons (Fsp3) is 0.846. The number of esters is 1. The summed E-state index contributed by atoms with van der Waals surface area (Å²) in [4.78, 5) is 23.1. The molecule has 3 unspecified atom stereocenters. The van der Waals surface area contributed by atoms with Gasteiger partial charge in [-0.05, 0) is 38.0 Å². The second-order valence-electron chi connectivity index (χ2n) is 5.05. The van der Waals surface area contributed by atoms with E-state index in [1.807, 2.05) is 0 Å². The van der Waals surface area contributed by atoms with E-state index in [2.05, 4.69) is 0 Å². The maximum absolute atomic E-state index is 11.9. The van der Waals surface area contributed by atoms with Crippen LogP contribution < -0.4 is 0 Å². The molecule has 2 aliphatic carbocycles. The van der Waals surface area contributed by atoms with Crippen LogP contribution >= 0.6 is 0 Å². The molecule has 0 aliphatic heterocycles. The van der Waals surface area contributed by atoms with E-state index in [1.165, 1.54) is 19.3 Å². The van der Waals surface area contributed by atoms with Gasteiger partial charge in [0.25, 0.3) is 0 Å². The van der Waals surface area contributed by atoms with Crippen molar-refractivity contribution < 1.29 is 14.3 Å². The standard InChI is InChI=1S/C13H20O3/c1-2-16-13(15)6-5-12(14)11-8-9-3-4-10(11)7-9/h9-11H,2-8H2,1H3. The SMILES string of the molecule is CCOC(=O)CCC(=O)C1CC2CCC1C2. The van der Waals surface area contributed by atoms with Gasteiger partial charge in [-0.2, -0.15) is 0 Å². The largest absolute Gasteiger partial charge is 0.466 e. The van der Waals surface area contributed by atoms with Gasteiger partial charge in [0, 0.05) is 12.3 Å². The van der Waals surface area contributed by atoms with Gasteiger partial charge in [0.15, 0.2) is 0 Å². The Morgan fingerprint density at radius 2 is 2.00 bits per heavy atom. The van der Waals surface area contributed by atoms with Crippen LogP contribution in [-0.2, 0) is 14.3 Å². The third kappa shape index (κ3) is 2.45. The number of ether oxygens (including phenoxy) is 1. The molecule has 2 rings (SSSR count). The Hall–Kier alpha value is -0.860. The Morgan fingerprint density at radius 1 is 1.19 bits per heavy atom. The highest BCUT2D eigenvalue weighted by molar-refractivity contribution is 5.85. The molecular weight excluding hydrogens is 204 g/mol. The van der Waals surface area contributed by atoms with E-state index < -0.39 is 0 Å². The molecule has 0 saturated heterocycles. The van der Waals surface area contributed by atoms with E-state index in [0.29, 0.717) is 24.7 Å². The summed E-state index contributed by atoms with van der Waals surface area (Å²) < 4.78 is 4.83. The monoisotopic (exact) mass is 224 g/mol. The normalized spacial score (nSPS) is 31.7. The lowest BCUT2D eigenvalue weighted by atomic mass is 9.84. The van der Waals surface area contributed by atoms with Gasteiger partial charge in [-0.1, -0.05) is 6.42 Å². The molecule has 0 heterocycles. The van der Waals surface area contributed by atoms with E-state index >= 15 is 0 Å². The zero-order valence-corrected chi connectivity index (χ0v) is 9.91. The summed E-state index contributed by atoms with van der Waals surface area (Å²) in [6, 6.07) is 0. The van der Waals surface area contributed by atoms with Gasteiger partial charge in [-0.25, -0.2) is 0 Å². The summed E-state index contributed by atoms with van der Waals surface area (Å²) in [6.45, 7) is 2.19. The predicted octanol–water partition coefficient (Wildman–Crippen LogP) is 2.33.